The molecule has 0 atom stereocenters. The first-order valence-corrected chi connectivity index (χ1v) is 5.33. The van der Waals surface area contributed by atoms with Crippen LogP contribution in [0.3, 0.4) is 0 Å². The maximum absolute atomic E-state index is 13.1. The third kappa shape index (κ3) is 1.51. The molecule has 0 bridgehead atoms. The minimum Gasteiger partial charge on any atom is -0.325 e. The Labute approximate surface area is 92.9 Å². The minimum absolute atomic E-state index is 0.211. The molecular weight excluding hydrogens is 205 g/mol. The summed E-state index contributed by atoms with van der Waals surface area (Å²) in [6, 6.07) is 7.07. The average molecular weight is 217 g/mol. The number of aromatic nitrogens is 2. The maximum atomic E-state index is 13.1. The van der Waals surface area contributed by atoms with Crippen molar-refractivity contribution >= 4 is 0 Å². The van der Waals surface area contributed by atoms with E-state index in [2.05, 4.69) is 14.9 Å². The Morgan fingerprint density at radius 2 is 2.25 bits per heavy atom. The van der Waals surface area contributed by atoms with Crippen LogP contribution in [-0.4, -0.2) is 22.6 Å². The van der Waals surface area contributed by atoms with Gasteiger partial charge in [-0.1, -0.05) is 12.1 Å². The molecule has 1 aliphatic heterocycles. The van der Waals surface area contributed by atoms with Crippen molar-refractivity contribution in [3.63, 3.8) is 0 Å². The molecule has 1 fully saturated rings. The fourth-order valence-electron chi connectivity index (χ4n) is 1.94. The molecule has 3 rings (SSSR count). The van der Waals surface area contributed by atoms with Crippen molar-refractivity contribution in [1.82, 2.24) is 14.9 Å². The summed E-state index contributed by atoms with van der Waals surface area (Å²) >= 11 is 0. The second-order valence-corrected chi connectivity index (χ2v) is 4.01. The molecule has 1 aromatic heterocycles. The molecule has 1 saturated heterocycles. The van der Waals surface area contributed by atoms with Crippen LogP contribution in [0.4, 0.5) is 4.39 Å². The third-order valence-electron chi connectivity index (χ3n) is 2.94. The predicted octanol–water partition coefficient (Wildman–Crippen LogP) is 1.83. The van der Waals surface area contributed by atoms with E-state index >= 15 is 0 Å². The van der Waals surface area contributed by atoms with Gasteiger partial charge in [0.1, 0.15) is 5.82 Å². The van der Waals surface area contributed by atoms with Crippen LogP contribution < -0.4 is 5.32 Å². The summed E-state index contributed by atoms with van der Waals surface area (Å²) in [7, 11) is 0. The third-order valence-corrected chi connectivity index (χ3v) is 2.94. The molecule has 0 aliphatic carbocycles. The standard InChI is InChI=1S/C12H12FN3/c13-10-3-1-2-9(4-10)12-7-15-8-16(12)11-5-14-6-11/h1-4,7-8,11,14H,5-6H2. The molecule has 2 aromatic rings. The van der Waals surface area contributed by atoms with E-state index in [1.54, 1.807) is 18.3 Å². The van der Waals surface area contributed by atoms with Crippen LogP contribution in [0, 0.1) is 5.82 Å². The van der Waals surface area contributed by atoms with E-state index in [0.717, 1.165) is 24.3 Å². The molecule has 0 unspecified atom stereocenters. The quantitative estimate of drug-likeness (QED) is 0.831. The Morgan fingerprint density at radius 3 is 2.94 bits per heavy atom. The van der Waals surface area contributed by atoms with Gasteiger partial charge in [0, 0.05) is 18.7 Å². The maximum Gasteiger partial charge on any atom is 0.123 e. The lowest BCUT2D eigenvalue weighted by Gasteiger charge is -2.29. The van der Waals surface area contributed by atoms with Crippen molar-refractivity contribution in [1.29, 1.82) is 0 Å². The molecule has 4 heteroatoms. The Balaban J connectivity index is 2.02. The lowest BCUT2D eigenvalue weighted by atomic mass is 10.1. The molecule has 0 saturated carbocycles. The van der Waals surface area contributed by atoms with Gasteiger partial charge < -0.3 is 9.88 Å². The Kier molecular flexibility index (Phi) is 2.22. The van der Waals surface area contributed by atoms with Crippen LogP contribution in [0.25, 0.3) is 11.3 Å². The Hall–Kier alpha value is -1.68. The first kappa shape index (κ1) is 9.54. The topological polar surface area (TPSA) is 29.9 Å². The summed E-state index contributed by atoms with van der Waals surface area (Å²) in [5.74, 6) is -0.211. The summed E-state index contributed by atoms with van der Waals surface area (Å²) in [5.41, 5.74) is 1.86. The van der Waals surface area contributed by atoms with Gasteiger partial charge >= 0.3 is 0 Å². The molecule has 3 nitrogen and oxygen atoms in total. The summed E-state index contributed by atoms with van der Waals surface area (Å²) in [4.78, 5) is 4.14. The summed E-state index contributed by atoms with van der Waals surface area (Å²) in [5, 5.41) is 3.22. The molecule has 2 heterocycles. The SMILES string of the molecule is Fc1cccc(-c2cncn2C2CNC2)c1. The van der Waals surface area contributed by atoms with Crippen molar-refractivity contribution in [3.05, 3.63) is 42.6 Å². The van der Waals surface area contributed by atoms with E-state index in [1.165, 1.54) is 6.07 Å². The fourth-order valence-corrected chi connectivity index (χ4v) is 1.94. The molecule has 1 aliphatic rings. The van der Waals surface area contributed by atoms with Gasteiger partial charge in [-0.3, -0.25) is 0 Å². The van der Waals surface area contributed by atoms with Crippen molar-refractivity contribution in [2.75, 3.05) is 13.1 Å². The second kappa shape index (κ2) is 3.72. The number of hydrogen-bond donors (Lipinski definition) is 1. The highest BCUT2D eigenvalue weighted by molar-refractivity contribution is 5.59. The molecular formula is C12H12FN3. The Morgan fingerprint density at radius 1 is 1.38 bits per heavy atom. The number of hydrogen-bond acceptors (Lipinski definition) is 2. The summed E-state index contributed by atoms with van der Waals surface area (Å²) in [6.07, 6.45) is 3.60. The average Bonchev–Trinajstić information content (AvgIpc) is 2.64. The molecule has 16 heavy (non-hydrogen) atoms. The van der Waals surface area contributed by atoms with Crippen molar-refractivity contribution in [3.8, 4) is 11.3 Å². The first-order valence-electron chi connectivity index (χ1n) is 5.33. The van der Waals surface area contributed by atoms with E-state index in [-0.39, 0.29) is 5.82 Å². The summed E-state index contributed by atoms with van der Waals surface area (Å²) in [6.45, 7) is 1.91. The highest BCUT2D eigenvalue weighted by Crippen LogP contribution is 2.24. The molecule has 0 radical (unpaired) electrons. The number of nitrogens with one attached hydrogen (secondary N) is 1. The lowest BCUT2D eigenvalue weighted by Crippen LogP contribution is -2.43. The van der Waals surface area contributed by atoms with Gasteiger partial charge in [0.25, 0.3) is 0 Å². The van der Waals surface area contributed by atoms with Gasteiger partial charge in [-0.2, -0.15) is 0 Å². The monoisotopic (exact) mass is 217 g/mol. The zero-order valence-electron chi connectivity index (χ0n) is 8.73. The van der Waals surface area contributed by atoms with Gasteiger partial charge in [0.05, 0.1) is 24.3 Å². The zero-order chi connectivity index (χ0) is 11.0. The molecule has 0 spiro atoms. The fraction of sp³-hybridized carbons (Fsp3) is 0.250. The van der Waals surface area contributed by atoms with Gasteiger partial charge in [-0.25, -0.2) is 9.37 Å². The lowest BCUT2D eigenvalue weighted by molar-refractivity contribution is 0.346. The number of halogens is 1. The van der Waals surface area contributed by atoms with Crippen molar-refractivity contribution in [2.45, 2.75) is 6.04 Å². The van der Waals surface area contributed by atoms with Crippen LogP contribution in [0.2, 0.25) is 0 Å². The van der Waals surface area contributed by atoms with Crippen LogP contribution in [0.15, 0.2) is 36.8 Å². The van der Waals surface area contributed by atoms with Gasteiger partial charge in [0.2, 0.25) is 0 Å². The Bertz CT molecular complexity index is 502. The van der Waals surface area contributed by atoms with Gasteiger partial charge in [-0.05, 0) is 12.1 Å². The molecule has 82 valence electrons. The smallest absolute Gasteiger partial charge is 0.123 e. The van der Waals surface area contributed by atoms with E-state index in [1.807, 2.05) is 12.4 Å². The van der Waals surface area contributed by atoms with Crippen molar-refractivity contribution in [2.24, 2.45) is 0 Å². The van der Waals surface area contributed by atoms with E-state index in [0.29, 0.717) is 6.04 Å². The number of benzene rings is 1. The molecule has 0 amide bonds. The van der Waals surface area contributed by atoms with Crippen LogP contribution >= 0.6 is 0 Å². The number of nitrogens with zero attached hydrogens (tertiary/aromatic N) is 2. The minimum atomic E-state index is -0.211. The van der Waals surface area contributed by atoms with Gasteiger partial charge in [0.15, 0.2) is 0 Å². The van der Waals surface area contributed by atoms with Crippen LogP contribution in [0.5, 0.6) is 0 Å². The molecule has 1 aromatic carbocycles. The summed E-state index contributed by atoms with van der Waals surface area (Å²) < 4.78 is 15.2. The number of rotatable bonds is 2. The number of imidazole rings is 1. The van der Waals surface area contributed by atoms with Gasteiger partial charge in [-0.15, -0.1) is 0 Å². The molecule has 1 N–H and O–H groups in total. The second-order valence-electron chi connectivity index (χ2n) is 4.01. The van der Waals surface area contributed by atoms with Crippen LogP contribution in [-0.2, 0) is 0 Å². The van der Waals surface area contributed by atoms with Crippen molar-refractivity contribution < 1.29 is 4.39 Å². The van der Waals surface area contributed by atoms with E-state index in [9.17, 15) is 4.39 Å². The zero-order valence-corrected chi connectivity index (χ0v) is 8.73. The normalized spacial score (nSPS) is 16.1. The highest BCUT2D eigenvalue weighted by Gasteiger charge is 2.21. The highest BCUT2D eigenvalue weighted by atomic mass is 19.1. The van der Waals surface area contributed by atoms with E-state index in [4.69, 9.17) is 0 Å². The van der Waals surface area contributed by atoms with Crippen LogP contribution in [0.1, 0.15) is 6.04 Å². The first-order chi connectivity index (χ1) is 7.84. The largest absolute Gasteiger partial charge is 0.325 e. The van der Waals surface area contributed by atoms with E-state index < -0.39 is 0 Å². The predicted molar refractivity (Wildman–Crippen MR) is 59.5 cm³/mol.